The Morgan fingerprint density at radius 3 is 2.26 bits per heavy atom. The molecule has 1 aromatic rings. The number of nitrogens with one attached hydrogen (secondary N) is 1. The standard InChI is InChI=1S/C11H14Cl2N2O3S/c12-8-4-7(5-9(13)10(8)14)19(17,18)15-6-11(16)2-1-3-11/h4-5,15-16H,1-3,6,14H2. The van der Waals surface area contributed by atoms with Gasteiger partial charge in [-0.15, -0.1) is 0 Å². The van der Waals surface area contributed by atoms with E-state index in [0.29, 0.717) is 12.8 Å². The fraction of sp³-hybridized carbons (Fsp3) is 0.455. The number of benzene rings is 1. The first-order valence-corrected chi connectivity index (χ1v) is 7.94. The molecule has 19 heavy (non-hydrogen) atoms. The van der Waals surface area contributed by atoms with Crippen molar-refractivity contribution in [2.75, 3.05) is 12.3 Å². The first-order valence-electron chi connectivity index (χ1n) is 5.70. The highest BCUT2D eigenvalue weighted by molar-refractivity contribution is 7.89. The van der Waals surface area contributed by atoms with E-state index in [4.69, 9.17) is 28.9 Å². The van der Waals surface area contributed by atoms with Crippen LogP contribution in [-0.2, 0) is 10.0 Å². The molecule has 0 atom stereocenters. The number of nitrogens with two attached hydrogens (primary N) is 1. The molecule has 0 bridgehead atoms. The summed E-state index contributed by atoms with van der Waals surface area (Å²) in [6, 6.07) is 2.46. The first kappa shape index (κ1) is 14.9. The van der Waals surface area contributed by atoms with Crippen molar-refractivity contribution in [1.29, 1.82) is 0 Å². The number of hydrogen-bond acceptors (Lipinski definition) is 4. The summed E-state index contributed by atoms with van der Waals surface area (Å²) in [6.45, 7) is -0.0189. The smallest absolute Gasteiger partial charge is 0.240 e. The van der Waals surface area contributed by atoms with Gasteiger partial charge in [0.1, 0.15) is 0 Å². The zero-order valence-electron chi connectivity index (χ0n) is 9.99. The molecule has 1 fully saturated rings. The van der Waals surface area contributed by atoms with Gasteiger partial charge in [-0.05, 0) is 31.4 Å². The Balaban J connectivity index is 2.19. The molecule has 1 saturated carbocycles. The van der Waals surface area contributed by atoms with Crippen molar-refractivity contribution < 1.29 is 13.5 Å². The van der Waals surface area contributed by atoms with E-state index in [1.807, 2.05) is 0 Å². The van der Waals surface area contributed by atoms with E-state index in [2.05, 4.69) is 4.72 Å². The lowest BCUT2D eigenvalue weighted by atomic mass is 9.81. The Morgan fingerprint density at radius 2 is 1.84 bits per heavy atom. The summed E-state index contributed by atoms with van der Waals surface area (Å²) in [5.74, 6) is 0. The SMILES string of the molecule is Nc1c(Cl)cc(S(=O)(=O)NCC2(O)CCC2)cc1Cl. The minimum atomic E-state index is -3.77. The van der Waals surface area contributed by atoms with E-state index in [1.165, 1.54) is 12.1 Å². The average Bonchev–Trinajstić information content (AvgIpc) is 2.30. The predicted octanol–water partition coefficient (Wildman–Crippen LogP) is 1.77. The molecule has 106 valence electrons. The van der Waals surface area contributed by atoms with Crippen LogP contribution >= 0.6 is 23.2 Å². The minimum absolute atomic E-state index is 0.0189. The molecular weight excluding hydrogens is 311 g/mol. The molecular formula is C11H14Cl2N2O3S. The van der Waals surface area contributed by atoms with Crippen LogP contribution in [-0.4, -0.2) is 25.7 Å². The predicted molar refractivity (Wildman–Crippen MR) is 74.9 cm³/mol. The van der Waals surface area contributed by atoms with Crippen LogP contribution in [0.3, 0.4) is 0 Å². The summed E-state index contributed by atoms with van der Waals surface area (Å²) in [4.78, 5) is -0.0698. The zero-order valence-corrected chi connectivity index (χ0v) is 12.3. The molecule has 1 aliphatic carbocycles. The van der Waals surface area contributed by atoms with Crippen LogP contribution in [0.1, 0.15) is 19.3 Å². The fourth-order valence-corrected chi connectivity index (χ4v) is 3.58. The van der Waals surface area contributed by atoms with E-state index >= 15 is 0 Å². The van der Waals surface area contributed by atoms with Gasteiger partial charge in [0, 0.05) is 6.54 Å². The molecule has 0 amide bonds. The highest BCUT2D eigenvalue weighted by Gasteiger charge is 2.35. The third-order valence-corrected chi connectivity index (χ3v) is 5.24. The van der Waals surface area contributed by atoms with Crippen molar-refractivity contribution in [2.24, 2.45) is 0 Å². The summed E-state index contributed by atoms with van der Waals surface area (Å²) in [5, 5.41) is 10.0. The van der Waals surface area contributed by atoms with Crippen LogP contribution in [0.4, 0.5) is 5.69 Å². The van der Waals surface area contributed by atoms with Crippen molar-refractivity contribution >= 4 is 38.9 Å². The van der Waals surface area contributed by atoms with Gasteiger partial charge in [-0.2, -0.15) is 0 Å². The monoisotopic (exact) mass is 324 g/mol. The second-order valence-corrected chi connectivity index (χ2v) is 7.28. The number of hydrogen-bond donors (Lipinski definition) is 3. The Bertz CT molecular complexity index is 577. The highest BCUT2D eigenvalue weighted by atomic mass is 35.5. The molecule has 0 heterocycles. The average molecular weight is 325 g/mol. The molecule has 0 radical (unpaired) electrons. The van der Waals surface area contributed by atoms with Gasteiger partial charge in [0.2, 0.25) is 10.0 Å². The lowest BCUT2D eigenvalue weighted by molar-refractivity contribution is -0.0270. The van der Waals surface area contributed by atoms with E-state index in [0.717, 1.165) is 6.42 Å². The van der Waals surface area contributed by atoms with E-state index in [1.54, 1.807) is 0 Å². The molecule has 0 spiro atoms. The molecule has 4 N–H and O–H groups in total. The van der Waals surface area contributed by atoms with Gasteiger partial charge < -0.3 is 10.8 Å². The molecule has 5 nitrogen and oxygen atoms in total. The molecule has 2 rings (SSSR count). The number of sulfonamides is 1. The maximum absolute atomic E-state index is 12.1. The van der Waals surface area contributed by atoms with Crippen molar-refractivity contribution in [2.45, 2.75) is 29.8 Å². The molecule has 1 aromatic carbocycles. The fourth-order valence-electron chi connectivity index (χ4n) is 1.79. The van der Waals surface area contributed by atoms with Crippen LogP contribution in [0.25, 0.3) is 0 Å². The van der Waals surface area contributed by atoms with Gasteiger partial charge in [0.15, 0.2) is 0 Å². The number of anilines is 1. The number of halogens is 2. The third kappa shape index (κ3) is 3.14. The summed E-state index contributed by atoms with van der Waals surface area (Å²) in [7, 11) is -3.77. The van der Waals surface area contributed by atoms with Crippen molar-refractivity contribution in [3.63, 3.8) is 0 Å². The second kappa shape index (κ2) is 5.10. The topological polar surface area (TPSA) is 92.4 Å². The van der Waals surface area contributed by atoms with Gasteiger partial charge in [0.05, 0.1) is 26.2 Å². The Hall–Kier alpha value is -0.530. The molecule has 1 aliphatic rings. The van der Waals surface area contributed by atoms with Gasteiger partial charge in [-0.3, -0.25) is 0 Å². The Kier molecular flexibility index (Phi) is 3.99. The summed E-state index contributed by atoms with van der Waals surface area (Å²) >= 11 is 11.6. The first-order chi connectivity index (χ1) is 8.73. The lowest BCUT2D eigenvalue weighted by Crippen LogP contribution is -2.47. The van der Waals surface area contributed by atoms with Crippen molar-refractivity contribution in [3.05, 3.63) is 22.2 Å². The van der Waals surface area contributed by atoms with Crippen molar-refractivity contribution in [1.82, 2.24) is 4.72 Å². The quantitative estimate of drug-likeness (QED) is 0.736. The zero-order chi connectivity index (χ0) is 14.3. The summed E-state index contributed by atoms with van der Waals surface area (Å²) in [5.41, 5.74) is 4.75. The number of rotatable bonds is 4. The number of aliphatic hydroxyl groups is 1. The van der Waals surface area contributed by atoms with Crippen LogP contribution in [0, 0.1) is 0 Å². The summed E-state index contributed by atoms with van der Waals surface area (Å²) < 4.78 is 26.5. The van der Waals surface area contributed by atoms with Gasteiger partial charge in [0.25, 0.3) is 0 Å². The van der Waals surface area contributed by atoms with E-state index < -0.39 is 15.6 Å². The Morgan fingerprint density at radius 1 is 1.32 bits per heavy atom. The van der Waals surface area contributed by atoms with E-state index in [9.17, 15) is 13.5 Å². The van der Waals surface area contributed by atoms with Crippen LogP contribution < -0.4 is 10.5 Å². The molecule has 0 unspecified atom stereocenters. The largest absolute Gasteiger partial charge is 0.396 e. The third-order valence-electron chi connectivity index (χ3n) is 3.24. The Labute approximate surface area is 121 Å². The highest BCUT2D eigenvalue weighted by Crippen LogP contribution is 2.32. The van der Waals surface area contributed by atoms with Crippen LogP contribution in [0.5, 0.6) is 0 Å². The molecule has 8 heteroatoms. The van der Waals surface area contributed by atoms with Crippen LogP contribution in [0.2, 0.25) is 10.0 Å². The van der Waals surface area contributed by atoms with Crippen molar-refractivity contribution in [3.8, 4) is 0 Å². The van der Waals surface area contributed by atoms with Gasteiger partial charge in [-0.1, -0.05) is 23.2 Å². The second-order valence-electron chi connectivity index (χ2n) is 4.70. The molecule has 0 saturated heterocycles. The maximum Gasteiger partial charge on any atom is 0.240 e. The van der Waals surface area contributed by atoms with Gasteiger partial charge >= 0.3 is 0 Å². The lowest BCUT2D eigenvalue weighted by Gasteiger charge is -2.36. The molecule has 0 aromatic heterocycles. The number of nitrogen functional groups attached to an aromatic ring is 1. The molecule has 0 aliphatic heterocycles. The summed E-state index contributed by atoms with van der Waals surface area (Å²) in [6.07, 6.45) is 2.09. The maximum atomic E-state index is 12.1. The van der Waals surface area contributed by atoms with Crippen LogP contribution in [0.15, 0.2) is 17.0 Å². The minimum Gasteiger partial charge on any atom is -0.396 e. The van der Waals surface area contributed by atoms with E-state index in [-0.39, 0.29) is 27.2 Å². The normalized spacial score (nSPS) is 18.1. The van der Waals surface area contributed by atoms with Gasteiger partial charge in [-0.25, -0.2) is 13.1 Å².